The Morgan fingerprint density at radius 3 is 2.42 bits per heavy atom. The first kappa shape index (κ1) is 34.2. The van der Waals surface area contributed by atoms with Crippen molar-refractivity contribution >= 4 is 39.9 Å². The van der Waals surface area contributed by atoms with E-state index in [2.05, 4.69) is 11.9 Å². The molecule has 1 N–H and O–H groups in total. The number of aliphatic hydroxyl groups is 1. The van der Waals surface area contributed by atoms with Crippen molar-refractivity contribution in [3.8, 4) is 17.2 Å². The molecule has 0 bridgehead atoms. The molecule has 4 aromatic rings. The summed E-state index contributed by atoms with van der Waals surface area (Å²) in [5, 5.41) is 11.8. The Hall–Kier alpha value is -5.16. The highest BCUT2D eigenvalue weighted by molar-refractivity contribution is 7.17. The molecule has 250 valence electrons. The van der Waals surface area contributed by atoms with Crippen molar-refractivity contribution in [3.05, 3.63) is 105 Å². The van der Waals surface area contributed by atoms with Crippen LogP contribution in [0, 0.1) is 13.8 Å². The summed E-state index contributed by atoms with van der Waals surface area (Å²) in [6, 6.07) is 18.6. The molecule has 1 aromatic heterocycles. The van der Waals surface area contributed by atoms with Crippen molar-refractivity contribution in [2.75, 3.05) is 25.7 Å². The molecule has 2 heterocycles. The Morgan fingerprint density at radius 1 is 0.958 bits per heavy atom. The lowest BCUT2D eigenvalue weighted by Gasteiger charge is -2.24. The molecule has 1 atom stereocenters. The SMILES string of the molecule is CCCCCOc1ccc(C2/C(=C(\O)c3ccc(OCc4cccc(C)c4)cc3)C(=O)C(=O)N2c2nc(C)c(C(=O)OC)s2)cc1OC. The molecule has 0 spiro atoms. The first-order chi connectivity index (χ1) is 23.2. The minimum atomic E-state index is -1.10. The normalized spacial score (nSPS) is 15.4. The Balaban J connectivity index is 1.55. The second-order valence-corrected chi connectivity index (χ2v) is 12.3. The molecule has 1 amide bonds. The first-order valence-corrected chi connectivity index (χ1v) is 16.4. The van der Waals surface area contributed by atoms with Gasteiger partial charge in [-0.2, -0.15) is 0 Å². The van der Waals surface area contributed by atoms with E-state index in [1.807, 2.05) is 31.2 Å². The van der Waals surface area contributed by atoms with Crippen LogP contribution in [-0.4, -0.2) is 48.6 Å². The number of aryl methyl sites for hydroxylation is 2. The Kier molecular flexibility index (Phi) is 10.8. The highest BCUT2D eigenvalue weighted by atomic mass is 32.1. The summed E-state index contributed by atoms with van der Waals surface area (Å²) in [6.45, 7) is 6.60. The van der Waals surface area contributed by atoms with E-state index in [0.717, 1.165) is 41.7 Å². The Labute approximate surface area is 283 Å². The molecule has 1 aliphatic heterocycles. The van der Waals surface area contributed by atoms with Crippen molar-refractivity contribution in [3.63, 3.8) is 0 Å². The molecule has 11 heteroatoms. The number of esters is 1. The van der Waals surface area contributed by atoms with Gasteiger partial charge in [0, 0.05) is 5.56 Å². The van der Waals surface area contributed by atoms with Crippen molar-refractivity contribution < 1.29 is 38.4 Å². The monoisotopic (exact) mass is 670 g/mol. The molecule has 1 saturated heterocycles. The number of aliphatic hydroxyl groups excluding tert-OH is 1. The van der Waals surface area contributed by atoms with Gasteiger partial charge in [-0.1, -0.05) is 67.0 Å². The van der Waals surface area contributed by atoms with E-state index in [0.29, 0.717) is 47.3 Å². The largest absolute Gasteiger partial charge is 0.507 e. The number of benzene rings is 3. The number of nitrogens with zero attached hydrogens (tertiary/aromatic N) is 2. The lowest BCUT2D eigenvalue weighted by atomic mass is 9.95. The molecule has 1 aliphatic rings. The third kappa shape index (κ3) is 7.21. The molecule has 1 fully saturated rings. The van der Waals surface area contributed by atoms with E-state index >= 15 is 0 Å². The second kappa shape index (κ2) is 15.2. The summed E-state index contributed by atoms with van der Waals surface area (Å²) in [5.74, 6) is -1.30. The number of unbranched alkanes of at least 4 members (excludes halogenated alkanes) is 2. The maximum Gasteiger partial charge on any atom is 0.350 e. The van der Waals surface area contributed by atoms with E-state index in [9.17, 15) is 19.5 Å². The standard InChI is InChI=1S/C37H38N2O8S/c1-6-7-8-18-46-28-17-14-26(20-29(28)44-4)31-30(33(41)35(42)39(31)37-38-23(3)34(48-37)36(43)45-5)32(40)25-12-15-27(16-13-25)47-21-24-11-9-10-22(2)19-24/h9-17,19-20,31,40H,6-8,18,21H2,1-5H3/b32-30+. The fourth-order valence-electron chi connectivity index (χ4n) is 5.45. The zero-order valence-corrected chi connectivity index (χ0v) is 28.4. The van der Waals surface area contributed by atoms with Crippen LogP contribution >= 0.6 is 11.3 Å². The van der Waals surface area contributed by atoms with Gasteiger partial charge < -0.3 is 24.1 Å². The summed E-state index contributed by atoms with van der Waals surface area (Å²) in [4.78, 5) is 45.8. The van der Waals surface area contributed by atoms with Crippen LogP contribution < -0.4 is 19.1 Å². The van der Waals surface area contributed by atoms with Gasteiger partial charge in [-0.3, -0.25) is 14.5 Å². The molecule has 1 unspecified atom stereocenters. The van der Waals surface area contributed by atoms with E-state index in [1.54, 1.807) is 49.4 Å². The number of rotatable bonds is 13. The van der Waals surface area contributed by atoms with Gasteiger partial charge in [0.05, 0.1) is 38.1 Å². The van der Waals surface area contributed by atoms with Crippen molar-refractivity contribution in [2.45, 2.75) is 52.7 Å². The average Bonchev–Trinajstić information content (AvgIpc) is 3.61. The minimum Gasteiger partial charge on any atom is -0.507 e. The number of amides is 1. The van der Waals surface area contributed by atoms with Crippen LogP contribution in [-0.2, 0) is 20.9 Å². The van der Waals surface area contributed by atoms with Crippen LogP contribution in [0.25, 0.3) is 5.76 Å². The fraction of sp³-hybridized carbons (Fsp3) is 0.297. The van der Waals surface area contributed by atoms with Gasteiger partial charge >= 0.3 is 11.9 Å². The zero-order chi connectivity index (χ0) is 34.4. The van der Waals surface area contributed by atoms with Gasteiger partial charge in [0.1, 0.15) is 23.0 Å². The maximum atomic E-state index is 13.7. The fourth-order valence-corrected chi connectivity index (χ4v) is 6.47. The van der Waals surface area contributed by atoms with Crippen molar-refractivity contribution in [1.29, 1.82) is 0 Å². The summed E-state index contributed by atoms with van der Waals surface area (Å²) < 4.78 is 22.4. The predicted molar refractivity (Wildman–Crippen MR) is 183 cm³/mol. The molecular weight excluding hydrogens is 632 g/mol. The van der Waals surface area contributed by atoms with Crippen LogP contribution in [0.1, 0.15) is 69.8 Å². The molecule has 0 radical (unpaired) electrons. The Bertz CT molecular complexity index is 1850. The summed E-state index contributed by atoms with van der Waals surface area (Å²) in [6.07, 6.45) is 2.95. The van der Waals surface area contributed by atoms with E-state index in [-0.39, 0.29) is 21.3 Å². The maximum absolute atomic E-state index is 13.7. The van der Waals surface area contributed by atoms with Gasteiger partial charge in [-0.15, -0.1) is 0 Å². The number of hydrogen-bond donors (Lipinski definition) is 1. The molecule has 48 heavy (non-hydrogen) atoms. The minimum absolute atomic E-state index is 0.109. The predicted octanol–water partition coefficient (Wildman–Crippen LogP) is 7.33. The summed E-state index contributed by atoms with van der Waals surface area (Å²) in [5.41, 5.74) is 3.14. The molecule has 0 aliphatic carbocycles. The van der Waals surface area contributed by atoms with Gasteiger partial charge in [0.2, 0.25) is 0 Å². The molecule has 0 saturated carbocycles. The highest BCUT2D eigenvalue weighted by Crippen LogP contribution is 2.45. The molecule has 10 nitrogen and oxygen atoms in total. The quantitative estimate of drug-likeness (QED) is 0.0512. The number of hydrogen-bond acceptors (Lipinski definition) is 10. The number of carbonyl (C=O) groups excluding carboxylic acids is 3. The number of thiazole rings is 1. The smallest absolute Gasteiger partial charge is 0.350 e. The van der Waals surface area contributed by atoms with Crippen molar-refractivity contribution in [2.24, 2.45) is 0 Å². The number of ketones is 1. The Morgan fingerprint density at radius 2 is 1.73 bits per heavy atom. The lowest BCUT2D eigenvalue weighted by molar-refractivity contribution is -0.132. The first-order valence-electron chi connectivity index (χ1n) is 15.6. The lowest BCUT2D eigenvalue weighted by Crippen LogP contribution is -2.29. The summed E-state index contributed by atoms with van der Waals surface area (Å²) in [7, 11) is 2.76. The molecular formula is C37H38N2O8S. The highest BCUT2D eigenvalue weighted by Gasteiger charge is 2.48. The van der Waals surface area contributed by atoms with Crippen LogP contribution in [0.4, 0.5) is 5.13 Å². The van der Waals surface area contributed by atoms with E-state index < -0.39 is 23.7 Å². The van der Waals surface area contributed by atoms with Gasteiger partial charge in [0.15, 0.2) is 16.6 Å². The number of carbonyl (C=O) groups is 3. The summed E-state index contributed by atoms with van der Waals surface area (Å²) >= 11 is 0.929. The van der Waals surface area contributed by atoms with Crippen LogP contribution in [0.3, 0.4) is 0 Å². The number of Topliss-reactive ketones (excluding diaryl/α,β-unsaturated/α-hetero) is 1. The van der Waals surface area contributed by atoms with Crippen LogP contribution in [0.5, 0.6) is 17.2 Å². The average molecular weight is 671 g/mol. The molecule has 5 rings (SSSR count). The van der Waals surface area contributed by atoms with E-state index in [4.69, 9.17) is 18.9 Å². The third-order valence-electron chi connectivity index (χ3n) is 7.93. The van der Waals surface area contributed by atoms with Gasteiger partial charge in [0.25, 0.3) is 5.78 Å². The van der Waals surface area contributed by atoms with E-state index in [1.165, 1.54) is 19.1 Å². The topological polar surface area (TPSA) is 124 Å². The second-order valence-electron chi connectivity index (χ2n) is 11.3. The zero-order valence-electron chi connectivity index (χ0n) is 27.6. The number of ether oxygens (including phenoxy) is 4. The van der Waals surface area contributed by atoms with Gasteiger partial charge in [-0.05, 0) is 67.8 Å². The van der Waals surface area contributed by atoms with Crippen LogP contribution in [0.2, 0.25) is 0 Å². The number of anilines is 1. The number of methoxy groups -OCH3 is 2. The van der Waals surface area contributed by atoms with Crippen molar-refractivity contribution in [1.82, 2.24) is 4.98 Å². The number of aromatic nitrogens is 1. The van der Waals surface area contributed by atoms with Crippen LogP contribution in [0.15, 0.2) is 72.3 Å². The third-order valence-corrected chi connectivity index (χ3v) is 9.07. The molecule has 3 aromatic carbocycles. The van der Waals surface area contributed by atoms with Gasteiger partial charge in [-0.25, -0.2) is 9.78 Å².